The molecule has 0 radical (unpaired) electrons. The van der Waals surface area contributed by atoms with Gasteiger partial charge in [-0.2, -0.15) is 0 Å². The normalized spacial score (nSPS) is 27.5. The first-order chi connectivity index (χ1) is 5.86. The number of hydrogen-bond donors (Lipinski definition) is 1. The summed E-state index contributed by atoms with van der Waals surface area (Å²) in [5.41, 5.74) is 0. The van der Waals surface area contributed by atoms with Crippen LogP contribution in [0.2, 0.25) is 0 Å². The third-order valence-corrected chi connectivity index (χ3v) is 2.47. The zero-order valence-electron chi connectivity index (χ0n) is 7.08. The van der Waals surface area contributed by atoms with E-state index in [1.807, 2.05) is 5.06 Å². The van der Waals surface area contributed by atoms with Crippen molar-refractivity contribution in [2.75, 3.05) is 19.6 Å². The average molecular weight is 170 g/mol. The van der Waals surface area contributed by atoms with Crippen LogP contribution in [0.25, 0.3) is 0 Å². The Balaban J connectivity index is 1.86. The molecule has 0 aromatic heterocycles. The van der Waals surface area contributed by atoms with Crippen molar-refractivity contribution in [2.45, 2.75) is 25.3 Å². The minimum absolute atomic E-state index is 0.0754. The molecule has 0 unspecified atom stereocenters. The summed E-state index contributed by atoms with van der Waals surface area (Å²) in [5, 5.41) is 5.13. The summed E-state index contributed by atoms with van der Waals surface area (Å²) >= 11 is 0. The van der Waals surface area contributed by atoms with Crippen molar-refractivity contribution >= 4 is 5.97 Å². The van der Waals surface area contributed by atoms with Gasteiger partial charge in [0.05, 0.1) is 6.42 Å². The Morgan fingerprint density at radius 1 is 1.42 bits per heavy atom. The lowest BCUT2D eigenvalue weighted by Crippen LogP contribution is -2.41. The molecule has 0 amide bonds. The zero-order chi connectivity index (χ0) is 8.39. The largest absolute Gasteiger partial charge is 0.368 e. The molecule has 1 N–H and O–H groups in total. The van der Waals surface area contributed by atoms with Crippen molar-refractivity contribution in [2.24, 2.45) is 0 Å². The highest BCUT2D eigenvalue weighted by Crippen LogP contribution is 2.17. The van der Waals surface area contributed by atoms with Crippen molar-refractivity contribution in [3.8, 4) is 0 Å². The lowest BCUT2D eigenvalue weighted by atomic mass is 10.1. The van der Waals surface area contributed by atoms with Crippen LogP contribution in [-0.4, -0.2) is 36.7 Å². The molecule has 0 aromatic carbocycles. The molecule has 4 nitrogen and oxygen atoms in total. The fraction of sp³-hybridized carbons (Fsp3) is 0.875. The smallest absolute Gasteiger partial charge is 0.326 e. The molecule has 2 heterocycles. The number of rotatable bonds is 1. The first-order valence-electron chi connectivity index (χ1n) is 4.54. The number of hydrogen-bond acceptors (Lipinski definition) is 4. The molecular weight excluding hydrogens is 156 g/mol. The van der Waals surface area contributed by atoms with Crippen LogP contribution in [0.4, 0.5) is 0 Å². The van der Waals surface area contributed by atoms with Gasteiger partial charge in [-0.15, -0.1) is 5.06 Å². The van der Waals surface area contributed by atoms with Gasteiger partial charge in [-0.3, -0.25) is 4.79 Å². The maximum Gasteiger partial charge on any atom is 0.326 e. The third-order valence-electron chi connectivity index (χ3n) is 2.47. The van der Waals surface area contributed by atoms with Crippen LogP contribution in [-0.2, 0) is 9.63 Å². The maximum absolute atomic E-state index is 10.8. The molecule has 0 spiro atoms. The fourth-order valence-electron chi connectivity index (χ4n) is 1.78. The van der Waals surface area contributed by atoms with Gasteiger partial charge in [-0.05, 0) is 25.9 Å². The predicted molar refractivity (Wildman–Crippen MR) is 43.3 cm³/mol. The van der Waals surface area contributed by atoms with Crippen LogP contribution in [0.1, 0.15) is 19.3 Å². The molecule has 2 aliphatic heterocycles. The summed E-state index contributed by atoms with van der Waals surface area (Å²) in [6.45, 7) is 2.86. The minimum atomic E-state index is -0.0754. The van der Waals surface area contributed by atoms with Crippen molar-refractivity contribution in [3.05, 3.63) is 0 Å². The first-order valence-corrected chi connectivity index (χ1v) is 4.54. The van der Waals surface area contributed by atoms with Crippen LogP contribution in [0.5, 0.6) is 0 Å². The van der Waals surface area contributed by atoms with E-state index in [2.05, 4.69) is 5.32 Å². The Bertz CT molecular complexity index is 178. The highest BCUT2D eigenvalue weighted by Gasteiger charge is 2.29. The zero-order valence-corrected chi connectivity index (χ0v) is 7.08. The summed E-state index contributed by atoms with van der Waals surface area (Å²) in [7, 11) is 0. The number of hydroxylamine groups is 2. The Labute approximate surface area is 71.8 Å². The molecule has 4 heteroatoms. The second-order valence-electron chi connectivity index (χ2n) is 3.34. The van der Waals surface area contributed by atoms with Crippen LogP contribution < -0.4 is 5.32 Å². The molecule has 0 atom stereocenters. The second-order valence-corrected chi connectivity index (χ2v) is 3.34. The van der Waals surface area contributed by atoms with E-state index in [-0.39, 0.29) is 5.97 Å². The highest BCUT2D eigenvalue weighted by atomic mass is 16.7. The van der Waals surface area contributed by atoms with Gasteiger partial charge in [0.1, 0.15) is 0 Å². The molecule has 68 valence electrons. The topological polar surface area (TPSA) is 41.6 Å². The third kappa shape index (κ3) is 1.59. The SMILES string of the molecule is O=C1CCN(C2CCNCC2)O1. The molecule has 0 bridgehead atoms. The Morgan fingerprint density at radius 3 is 2.75 bits per heavy atom. The minimum Gasteiger partial charge on any atom is -0.368 e. The lowest BCUT2D eigenvalue weighted by Gasteiger charge is -2.28. The van der Waals surface area contributed by atoms with E-state index in [1.54, 1.807) is 0 Å². The first kappa shape index (κ1) is 8.01. The Hall–Kier alpha value is -0.610. The highest BCUT2D eigenvalue weighted by molar-refractivity contribution is 5.70. The van der Waals surface area contributed by atoms with Gasteiger partial charge in [-0.1, -0.05) is 0 Å². The van der Waals surface area contributed by atoms with Gasteiger partial charge in [0.25, 0.3) is 0 Å². The van der Waals surface area contributed by atoms with Crippen LogP contribution in [0, 0.1) is 0 Å². The van der Waals surface area contributed by atoms with Crippen molar-refractivity contribution in [1.29, 1.82) is 0 Å². The molecule has 0 saturated carbocycles. The van der Waals surface area contributed by atoms with Crippen LogP contribution >= 0.6 is 0 Å². The summed E-state index contributed by atoms with van der Waals surface area (Å²) in [4.78, 5) is 15.9. The number of piperidine rings is 1. The summed E-state index contributed by atoms with van der Waals surface area (Å²) in [6, 6.07) is 0.456. The fourth-order valence-corrected chi connectivity index (χ4v) is 1.78. The van der Waals surface area contributed by atoms with Crippen molar-refractivity contribution in [3.63, 3.8) is 0 Å². The van der Waals surface area contributed by atoms with Gasteiger partial charge in [0.2, 0.25) is 0 Å². The van der Waals surface area contributed by atoms with Crippen LogP contribution in [0.3, 0.4) is 0 Å². The second kappa shape index (κ2) is 3.41. The van der Waals surface area contributed by atoms with E-state index in [4.69, 9.17) is 4.84 Å². The monoisotopic (exact) mass is 170 g/mol. The van der Waals surface area contributed by atoms with E-state index in [1.165, 1.54) is 0 Å². The van der Waals surface area contributed by atoms with E-state index in [9.17, 15) is 4.79 Å². The number of nitrogens with one attached hydrogen (secondary N) is 1. The standard InChI is InChI=1S/C8H14N2O2/c11-8-3-6-10(12-8)7-1-4-9-5-2-7/h7,9H,1-6H2. The summed E-state index contributed by atoms with van der Waals surface area (Å²) in [6.07, 6.45) is 2.74. The maximum atomic E-state index is 10.8. The van der Waals surface area contributed by atoms with E-state index < -0.39 is 0 Å². The van der Waals surface area contributed by atoms with Gasteiger partial charge in [-0.25, -0.2) is 0 Å². The van der Waals surface area contributed by atoms with Gasteiger partial charge in [0.15, 0.2) is 0 Å². The number of carbonyl (C=O) groups excluding carboxylic acids is 1. The molecule has 0 aliphatic carbocycles. The molecule has 2 fully saturated rings. The molecule has 2 rings (SSSR count). The van der Waals surface area contributed by atoms with E-state index >= 15 is 0 Å². The van der Waals surface area contributed by atoms with Crippen LogP contribution in [0.15, 0.2) is 0 Å². The Morgan fingerprint density at radius 2 is 2.17 bits per heavy atom. The van der Waals surface area contributed by atoms with Crippen molar-refractivity contribution in [1.82, 2.24) is 10.4 Å². The average Bonchev–Trinajstić information content (AvgIpc) is 2.54. The summed E-state index contributed by atoms with van der Waals surface area (Å²) in [5.74, 6) is -0.0754. The van der Waals surface area contributed by atoms with Gasteiger partial charge >= 0.3 is 5.97 Å². The van der Waals surface area contributed by atoms with Gasteiger partial charge in [0, 0.05) is 12.6 Å². The van der Waals surface area contributed by atoms with Gasteiger partial charge < -0.3 is 10.2 Å². The quantitative estimate of drug-likeness (QED) is 0.597. The lowest BCUT2D eigenvalue weighted by molar-refractivity contribution is -0.181. The number of carbonyl (C=O) groups is 1. The predicted octanol–water partition coefficient (Wildman–Crippen LogP) is -0.0977. The van der Waals surface area contributed by atoms with E-state index in [0.717, 1.165) is 32.5 Å². The number of nitrogens with zero attached hydrogens (tertiary/aromatic N) is 1. The Kier molecular flexibility index (Phi) is 2.28. The summed E-state index contributed by atoms with van der Waals surface area (Å²) < 4.78 is 0. The molecule has 2 saturated heterocycles. The molecule has 0 aromatic rings. The molecular formula is C8H14N2O2. The molecule has 12 heavy (non-hydrogen) atoms. The van der Waals surface area contributed by atoms with E-state index in [0.29, 0.717) is 12.5 Å². The van der Waals surface area contributed by atoms with Crippen molar-refractivity contribution < 1.29 is 9.63 Å². The molecule has 2 aliphatic rings.